The van der Waals surface area contributed by atoms with Gasteiger partial charge < -0.3 is 34.9 Å². The standard InChI is InChI=1S/C22H26ClNO4.BH3O3/c1-21(2,27)22(3,4)28-17-8-9-18-15(11-17)12-24(20(18)26)19(13-25)14-6-5-7-16(23)10-14;2-1(3)4/h5-11,19,25,27H,12-13H2,1-4H3;2-4H. The summed E-state index contributed by atoms with van der Waals surface area (Å²) in [5.41, 5.74) is 0.361. The van der Waals surface area contributed by atoms with E-state index in [2.05, 4.69) is 0 Å². The Morgan fingerprint density at radius 3 is 2.28 bits per heavy atom. The SMILES string of the molecule is CC(C)(O)C(C)(C)Oc1ccc2c(c1)CN(C(CO)c1cccc(Cl)c1)C2=O.OB(O)O. The molecule has 0 radical (unpaired) electrons. The lowest BCUT2D eigenvalue weighted by Crippen LogP contribution is -2.49. The van der Waals surface area contributed by atoms with E-state index in [1.165, 1.54) is 0 Å². The molecule has 1 heterocycles. The molecule has 32 heavy (non-hydrogen) atoms. The van der Waals surface area contributed by atoms with Crippen LogP contribution in [-0.4, -0.2) is 61.2 Å². The van der Waals surface area contributed by atoms with Crippen LogP contribution in [0.1, 0.15) is 55.2 Å². The Hall–Kier alpha value is -2.14. The average molecular weight is 466 g/mol. The van der Waals surface area contributed by atoms with E-state index in [0.29, 0.717) is 22.9 Å². The highest BCUT2D eigenvalue weighted by Gasteiger charge is 2.38. The van der Waals surface area contributed by atoms with E-state index >= 15 is 0 Å². The van der Waals surface area contributed by atoms with Crippen molar-refractivity contribution in [2.24, 2.45) is 0 Å². The third-order valence-corrected chi connectivity index (χ3v) is 5.77. The Bertz CT molecular complexity index is 943. The van der Waals surface area contributed by atoms with E-state index in [4.69, 9.17) is 31.4 Å². The maximum absolute atomic E-state index is 12.9. The number of rotatable bonds is 6. The van der Waals surface area contributed by atoms with Crippen LogP contribution < -0.4 is 4.74 Å². The summed E-state index contributed by atoms with van der Waals surface area (Å²) in [6, 6.07) is 12.0. The number of halogens is 1. The first-order valence-electron chi connectivity index (χ1n) is 10.0. The third kappa shape index (κ3) is 6.22. The fraction of sp³-hybridized carbons (Fsp3) is 0.409. The number of aliphatic hydroxyl groups excluding tert-OH is 1. The lowest BCUT2D eigenvalue weighted by Gasteiger charge is -2.37. The Kier molecular flexibility index (Phi) is 8.33. The number of hydrogen-bond donors (Lipinski definition) is 5. The fourth-order valence-corrected chi connectivity index (χ4v) is 3.35. The van der Waals surface area contributed by atoms with Crippen LogP contribution in [0.3, 0.4) is 0 Å². The Balaban J connectivity index is 0.000000837. The second kappa shape index (κ2) is 10.2. The number of hydrogen-bond acceptors (Lipinski definition) is 7. The van der Waals surface area contributed by atoms with Crippen molar-refractivity contribution in [2.45, 2.75) is 51.5 Å². The maximum Gasteiger partial charge on any atom is 0.631 e. The average Bonchev–Trinajstić information content (AvgIpc) is 2.97. The third-order valence-electron chi connectivity index (χ3n) is 5.54. The summed E-state index contributed by atoms with van der Waals surface area (Å²) in [6.45, 7) is 7.20. The minimum Gasteiger partial charge on any atom is -0.485 e. The molecule has 5 N–H and O–H groups in total. The van der Waals surface area contributed by atoms with Gasteiger partial charge in [0.2, 0.25) is 0 Å². The van der Waals surface area contributed by atoms with Gasteiger partial charge in [-0.25, -0.2) is 0 Å². The zero-order valence-electron chi connectivity index (χ0n) is 18.5. The highest BCUT2D eigenvalue weighted by molar-refractivity contribution is 6.30. The lowest BCUT2D eigenvalue weighted by molar-refractivity contribution is -0.0906. The van der Waals surface area contributed by atoms with Crippen LogP contribution in [0.2, 0.25) is 5.02 Å². The van der Waals surface area contributed by atoms with Crippen molar-refractivity contribution in [1.29, 1.82) is 0 Å². The predicted molar refractivity (Wildman–Crippen MR) is 121 cm³/mol. The molecule has 2 aromatic rings. The van der Waals surface area contributed by atoms with E-state index in [0.717, 1.165) is 11.1 Å². The maximum atomic E-state index is 12.9. The molecule has 0 fully saturated rings. The normalized spacial score (nSPS) is 14.4. The van der Waals surface area contributed by atoms with Gasteiger partial charge in [0.05, 0.1) is 18.2 Å². The molecule has 1 aliphatic rings. The number of amides is 1. The van der Waals surface area contributed by atoms with Crippen LogP contribution in [0.5, 0.6) is 5.75 Å². The molecule has 0 spiro atoms. The van der Waals surface area contributed by atoms with Crippen LogP contribution in [0.25, 0.3) is 0 Å². The molecule has 0 aromatic heterocycles. The van der Waals surface area contributed by atoms with E-state index < -0.39 is 24.6 Å². The van der Waals surface area contributed by atoms with Crippen molar-refractivity contribution < 1.29 is 34.8 Å². The molecular weight excluding hydrogens is 437 g/mol. The van der Waals surface area contributed by atoms with Crippen molar-refractivity contribution >= 4 is 24.8 Å². The monoisotopic (exact) mass is 465 g/mol. The van der Waals surface area contributed by atoms with E-state index in [9.17, 15) is 15.0 Å². The molecule has 0 bridgehead atoms. The molecule has 10 heteroatoms. The molecule has 1 atom stereocenters. The molecule has 0 aliphatic carbocycles. The van der Waals surface area contributed by atoms with Gasteiger partial charge in [0.15, 0.2) is 0 Å². The van der Waals surface area contributed by atoms with E-state index in [1.54, 1.807) is 49.1 Å². The summed E-state index contributed by atoms with van der Waals surface area (Å²) >= 11 is 6.08. The number of carbonyl (C=O) groups excluding carboxylic acids is 1. The molecule has 0 saturated heterocycles. The Morgan fingerprint density at radius 1 is 1.12 bits per heavy atom. The quantitative estimate of drug-likeness (QED) is 0.412. The highest BCUT2D eigenvalue weighted by Crippen LogP contribution is 2.35. The summed E-state index contributed by atoms with van der Waals surface area (Å²) in [5.74, 6) is 0.450. The van der Waals surface area contributed by atoms with Gasteiger partial charge in [0.25, 0.3) is 5.91 Å². The molecule has 1 amide bonds. The molecule has 0 saturated carbocycles. The number of benzene rings is 2. The van der Waals surface area contributed by atoms with Crippen molar-refractivity contribution in [2.75, 3.05) is 6.61 Å². The lowest BCUT2D eigenvalue weighted by atomic mass is 9.89. The summed E-state index contributed by atoms with van der Waals surface area (Å²) in [4.78, 5) is 14.6. The number of aliphatic hydroxyl groups is 2. The minimum absolute atomic E-state index is 0.137. The molecule has 8 nitrogen and oxygen atoms in total. The number of ether oxygens (including phenoxy) is 1. The second-order valence-electron chi connectivity index (χ2n) is 8.52. The van der Waals surface area contributed by atoms with Crippen LogP contribution in [0, 0.1) is 0 Å². The summed E-state index contributed by atoms with van der Waals surface area (Å²) in [5, 5.41) is 42.3. The first-order chi connectivity index (χ1) is 14.8. The van der Waals surface area contributed by atoms with Crippen molar-refractivity contribution in [1.82, 2.24) is 4.90 Å². The van der Waals surface area contributed by atoms with Crippen LogP contribution >= 0.6 is 11.6 Å². The molecule has 174 valence electrons. The number of fused-ring (bicyclic) bond motifs is 1. The summed E-state index contributed by atoms with van der Waals surface area (Å²) < 4.78 is 6.00. The second-order valence-corrected chi connectivity index (χ2v) is 8.96. The van der Waals surface area contributed by atoms with Gasteiger partial charge in [-0.2, -0.15) is 0 Å². The molecule has 2 aromatic carbocycles. The smallest absolute Gasteiger partial charge is 0.485 e. The van der Waals surface area contributed by atoms with Gasteiger partial charge in [-0.15, -0.1) is 0 Å². The summed E-state index contributed by atoms with van der Waals surface area (Å²) in [6.07, 6.45) is 0. The zero-order valence-corrected chi connectivity index (χ0v) is 19.2. The Morgan fingerprint density at radius 2 is 1.75 bits per heavy atom. The van der Waals surface area contributed by atoms with E-state index in [1.807, 2.05) is 26.0 Å². The van der Waals surface area contributed by atoms with Crippen molar-refractivity contribution in [3.05, 3.63) is 64.2 Å². The van der Waals surface area contributed by atoms with Crippen LogP contribution in [-0.2, 0) is 6.54 Å². The highest BCUT2D eigenvalue weighted by atomic mass is 35.5. The van der Waals surface area contributed by atoms with Crippen molar-refractivity contribution in [3.8, 4) is 5.75 Å². The summed E-state index contributed by atoms with van der Waals surface area (Å²) in [7, 11) is -2.17. The molecule has 1 unspecified atom stereocenters. The predicted octanol–water partition coefficient (Wildman–Crippen LogP) is 1.91. The van der Waals surface area contributed by atoms with E-state index in [-0.39, 0.29) is 12.5 Å². The zero-order chi connectivity index (χ0) is 24.3. The molecule has 1 aliphatic heterocycles. The van der Waals surface area contributed by atoms with Gasteiger partial charge in [-0.1, -0.05) is 23.7 Å². The van der Waals surface area contributed by atoms with Gasteiger partial charge in [-0.3, -0.25) is 4.79 Å². The van der Waals surface area contributed by atoms with Crippen LogP contribution in [0.15, 0.2) is 42.5 Å². The fourth-order valence-electron chi connectivity index (χ4n) is 3.15. The first kappa shape index (κ1) is 26.1. The van der Waals surface area contributed by atoms with Crippen LogP contribution in [0.4, 0.5) is 0 Å². The Labute approximate surface area is 192 Å². The number of nitrogens with zero attached hydrogens (tertiary/aromatic N) is 1. The number of carbonyl (C=O) groups is 1. The van der Waals surface area contributed by atoms with Gasteiger partial charge >= 0.3 is 7.32 Å². The minimum atomic E-state index is -2.17. The largest absolute Gasteiger partial charge is 0.631 e. The molecular formula is C22H29BClNO7. The van der Waals surface area contributed by atoms with Gasteiger partial charge in [-0.05, 0) is 69.2 Å². The first-order valence-corrected chi connectivity index (χ1v) is 10.4. The van der Waals surface area contributed by atoms with Gasteiger partial charge in [0, 0.05) is 17.1 Å². The molecule has 3 rings (SSSR count). The van der Waals surface area contributed by atoms with Crippen molar-refractivity contribution in [3.63, 3.8) is 0 Å². The van der Waals surface area contributed by atoms with Gasteiger partial charge in [0.1, 0.15) is 11.4 Å². The topological polar surface area (TPSA) is 131 Å².